The van der Waals surface area contributed by atoms with Crippen LogP contribution in [0.15, 0.2) is 134 Å². The van der Waals surface area contributed by atoms with E-state index in [1.165, 1.54) is 65.3 Å². The first-order chi connectivity index (χ1) is 18.4. The molecule has 0 fully saturated rings. The molecular formula is C35H22N2. The molecule has 37 heavy (non-hydrogen) atoms. The van der Waals surface area contributed by atoms with E-state index >= 15 is 0 Å². The van der Waals surface area contributed by atoms with Gasteiger partial charge < -0.3 is 4.57 Å². The number of para-hydroxylation sites is 1. The van der Waals surface area contributed by atoms with Crippen molar-refractivity contribution in [3.05, 3.63) is 134 Å². The van der Waals surface area contributed by atoms with E-state index in [0.717, 1.165) is 5.69 Å². The predicted molar refractivity (Wildman–Crippen MR) is 157 cm³/mol. The van der Waals surface area contributed by atoms with Crippen molar-refractivity contribution in [2.24, 2.45) is 0 Å². The van der Waals surface area contributed by atoms with Crippen molar-refractivity contribution >= 4 is 54.1 Å². The van der Waals surface area contributed by atoms with E-state index in [-0.39, 0.29) is 0 Å². The Bertz CT molecular complexity index is 2120. The fourth-order valence-electron chi connectivity index (χ4n) is 6.06. The summed E-state index contributed by atoms with van der Waals surface area (Å²) < 4.78 is 2.44. The van der Waals surface area contributed by atoms with Crippen LogP contribution in [0.1, 0.15) is 0 Å². The van der Waals surface area contributed by atoms with Crippen molar-refractivity contribution in [3.63, 3.8) is 0 Å². The SMILES string of the molecule is c1ccc2c(c1)ccc1c2c2ccccc2c2c1c1ccccc1n2-c1ccc(-c2ccncc2)cc1. The van der Waals surface area contributed by atoms with Crippen LogP contribution in [0.3, 0.4) is 0 Å². The minimum absolute atomic E-state index is 1.16. The number of hydrogen-bond acceptors (Lipinski definition) is 1. The predicted octanol–water partition coefficient (Wildman–Crippen LogP) is 9.31. The van der Waals surface area contributed by atoms with Crippen LogP contribution in [-0.2, 0) is 0 Å². The number of rotatable bonds is 2. The summed E-state index contributed by atoms with van der Waals surface area (Å²) in [5.41, 5.74) is 6.01. The highest BCUT2D eigenvalue weighted by Gasteiger charge is 2.19. The van der Waals surface area contributed by atoms with Crippen LogP contribution in [0.5, 0.6) is 0 Å². The maximum atomic E-state index is 4.17. The smallest absolute Gasteiger partial charge is 0.0625 e. The van der Waals surface area contributed by atoms with Gasteiger partial charge in [-0.2, -0.15) is 0 Å². The summed E-state index contributed by atoms with van der Waals surface area (Å²) >= 11 is 0. The second kappa shape index (κ2) is 7.78. The van der Waals surface area contributed by atoms with E-state index in [1.54, 1.807) is 0 Å². The van der Waals surface area contributed by atoms with Gasteiger partial charge in [0.25, 0.3) is 0 Å². The number of pyridine rings is 1. The van der Waals surface area contributed by atoms with Gasteiger partial charge in [0.2, 0.25) is 0 Å². The average Bonchev–Trinajstić information content (AvgIpc) is 3.33. The van der Waals surface area contributed by atoms with Crippen LogP contribution in [0, 0.1) is 0 Å². The minimum Gasteiger partial charge on any atom is -0.309 e. The number of nitrogens with zero attached hydrogens (tertiary/aromatic N) is 2. The zero-order valence-electron chi connectivity index (χ0n) is 20.1. The maximum Gasteiger partial charge on any atom is 0.0625 e. The summed E-state index contributed by atoms with van der Waals surface area (Å²) in [4.78, 5) is 4.17. The molecule has 0 atom stereocenters. The zero-order valence-corrected chi connectivity index (χ0v) is 20.1. The lowest BCUT2D eigenvalue weighted by Crippen LogP contribution is -1.95. The normalized spacial score (nSPS) is 11.8. The third-order valence-corrected chi connectivity index (χ3v) is 7.66. The Morgan fingerprint density at radius 3 is 1.89 bits per heavy atom. The molecule has 2 heteroatoms. The van der Waals surface area contributed by atoms with Gasteiger partial charge in [-0.3, -0.25) is 4.98 Å². The Kier molecular flexibility index (Phi) is 4.26. The van der Waals surface area contributed by atoms with Crippen molar-refractivity contribution in [2.45, 2.75) is 0 Å². The summed E-state index contributed by atoms with van der Waals surface area (Å²) in [5.74, 6) is 0. The van der Waals surface area contributed by atoms with Gasteiger partial charge in [-0.05, 0) is 68.4 Å². The standard InChI is InChI=1S/C35H22N2/c1-2-8-27-25(7-1)15-18-31-33(27)28-9-3-4-10-29(28)35-34(31)30-11-5-6-12-32(30)37(35)26-16-13-23(14-17-26)24-19-21-36-22-20-24/h1-22H. The molecule has 0 radical (unpaired) electrons. The van der Waals surface area contributed by atoms with Crippen molar-refractivity contribution in [2.75, 3.05) is 0 Å². The van der Waals surface area contributed by atoms with Gasteiger partial charge in [-0.1, -0.05) is 91.0 Å². The topological polar surface area (TPSA) is 17.8 Å². The largest absolute Gasteiger partial charge is 0.309 e. The molecule has 6 aromatic carbocycles. The summed E-state index contributed by atoms with van der Waals surface area (Å²) in [7, 11) is 0. The molecule has 0 aliphatic rings. The quantitative estimate of drug-likeness (QED) is 0.230. The molecule has 0 bridgehead atoms. The molecule has 2 heterocycles. The van der Waals surface area contributed by atoms with Crippen LogP contribution in [-0.4, -0.2) is 9.55 Å². The molecule has 0 aliphatic heterocycles. The van der Waals surface area contributed by atoms with Crippen molar-refractivity contribution in [3.8, 4) is 16.8 Å². The maximum absolute atomic E-state index is 4.17. The molecule has 0 unspecified atom stereocenters. The van der Waals surface area contributed by atoms with Gasteiger partial charge in [0.1, 0.15) is 0 Å². The number of fused-ring (bicyclic) bond motifs is 10. The summed E-state index contributed by atoms with van der Waals surface area (Å²) in [6.07, 6.45) is 3.69. The molecule has 0 spiro atoms. The Morgan fingerprint density at radius 1 is 0.432 bits per heavy atom. The fraction of sp³-hybridized carbons (Fsp3) is 0. The van der Waals surface area contributed by atoms with Gasteiger partial charge in [0.15, 0.2) is 0 Å². The van der Waals surface area contributed by atoms with Gasteiger partial charge in [-0.15, -0.1) is 0 Å². The van der Waals surface area contributed by atoms with E-state index in [1.807, 2.05) is 12.4 Å². The Morgan fingerprint density at radius 2 is 1.08 bits per heavy atom. The molecule has 0 amide bonds. The van der Waals surface area contributed by atoms with E-state index in [4.69, 9.17) is 0 Å². The highest BCUT2D eigenvalue weighted by atomic mass is 15.0. The Balaban J connectivity index is 1.55. The van der Waals surface area contributed by atoms with E-state index in [0.29, 0.717) is 0 Å². The van der Waals surface area contributed by atoms with Crippen LogP contribution in [0.2, 0.25) is 0 Å². The molecular weight excluding hydrogens is 448 g/mol. The lowest BCUT2D eigenvalue weighted by atomic mass is 9.93. The summed E-state index contributed by atoms with van der Waals surface area (Å²) in [5, 5.41) is 10.4. The molecule has 8 aromatic rings. The molecule has 8 rings (SSSR count). The first kappa shape index (κ1) is 20.3. The summed E-state index contributed by atoms with van der Waals surface area (Å²) in [6.45, 7) is 0. The van der Waals surface area contributed by atoms with Crippen molar-refractivity contribution < 1.29 is 0 Å². The van der Waals surface area contributed by atoms with Crippen LogP contribution in [0.25, 0.3) is 70.9 Å². The van der Waals surface area contributed by atoms with Gasteiger partial charge in [-0.25, -0.2) is 0 Å². The fourth-order valence-corrected chi connectivity index (χ4v) is 6.06. The molecule has 172 valence electrons. The second-order valence-corrected chi connectivity index (χ2v) is 9.61. The Hall–Kier alpha value is -4.95. The molecule has 0 N–H and O–H groups in total. The van der Waals surface area contributed by atoms with E-state index < -0.39 is 0 Å². The number of benzene rings is 6. The van der Waals surface area contributed by atoms with Crippen LogP contribution >= 0.6 is 0 Å². The van der Waals surface area contributed by atoms with Gasteiger partial charge >= 0.3 is 0 Å². The van der Waals surface area contributed by atoms with Crippen molar-refractivity contribution in [1.82, 2.24) is 9.55 Å². The average molecular weight is 471 g/mol. The molecule has 0 saturated carbocycles. The highest BCUT2D eigenvalue weighted by Crippen LogP contribution is 2.44. The molecule has 2 nitrogen and oxygen atoms in total. The van der Waals surface area contributed by atoms with Gasteiger partial charge in [0, 0.05) is 34.2 Å². The second-order valence-electron chi connectivity index (χ2n) is 9.61. The summed E-state index contributed by atoms with van der Waals surface area (Å²) in [6, 6.07) is 44.0. The first-order valence-electron chi connectivity index (χ1n) is 12.6. The van der Waals surface area contributed by atoms with Crippen molar-refractivity contribution in [1.29, 1.82) is 0 Å². The lowest BCUT2D eigenvalue weighted by Gasteiger charge is -2.14. The lowest BCUT2D eigenvalue weighted by molar-refractivity contribution is 1.19. The molecule has 2 aromatic heterocycles. The monoisotopic (exact) mass is 470 g/mol. The number of hydrogen-bond donors (Lipinski definition) is 0. The van der Waals surface area contributed by atoms with Crippen LogP contribution < -0.4 is 0 Å². The molecule has 0 saturated heterocycles. The molecule has 0 aliphatic carbocycles. The van der Waals surface area contributed by atoms with Gasteiger partial charge in [0.05, 0.1) is 11.0 Å². The van der Waals surface area contributed by atoms with E-state index in [9.17, 15) is 0 Å². The minimum atomic E-state index is 1.16. The van der Waals surface area contributed by atoms with Crippen LogP contribution in [0.4, 0.5) is 0 Å². The van der Waals surface area contributed by atoms with E-state index in [2.05, 4.69) is 131 Å². The Labute approximate surface area is 214 Å². The zero-order chi connectivity index (χ0) is 24.3. The number of aromatic nitrogens is 2. The third kappa shape index (κ3) is 2.90. The third-order valence-electron chi connectivity index (χ3n) is 7.66. The highest BCUT2D eigenvalue weighted by molar-refractivity contribution is 6.36. The first-order valence-corrected chi connectivity index (χ1v) is 12.6.